The first-order chi connectivity index (χ1) is 13.8. The van der Waals surface area contributed by atoms with Crippen LogP contribution in [0.1, 0.15) is 96.8 Å². The molecule has 1 atom stereocenters. The van der Waals surface area contributed by atoms with Gasteiger partial charge in [0.15, 0.2) is 6.17 Å². The largest absolute Gasteiger partial charge is 0.469 e. The fraction of sp³-hybridized carbons (Fsp3) is 0.857. The third kappa shape index (κ3) is 23.4. The van der Waals surface area contributed by atoms with Crippen molar-refractivity contribution in [3.8, 4) is 0 Å². The van der Waals surface area contributed by atoms with Gasteiger partial charge < -0.3 is 14.5 Å². The maximum Gasteiger partial charge on any atom is 0.469 e. The van der Waals surface area contributed by atoms with Gasteiger partial charge in [0.1, 0.15) is 6.61 Å². The van der Waals surface area contributed by atoms with Crippen LogP contribution in [-0.2, 0) is 18.6 Å². The van der Waals surface area contributed by atoms with Crippen LogP contribution in [0.4, 0.5) is 4.39 Å². The van der Waals surface area contributed by atoms with E-state index in [9.17, 15) is 13.8 Å². The number of hydrogen-bond donors (Lipinski definition) is 2. The van der Waals surface area contributed by atoms with Gasteiger partial charge in [-0.1, -0.05) is 70.4 Å². The molecule has 0 aliphatic carbocycles. The summed E-state index contributed by atoms with van der Waals surface area (Å²) in [7, 11) is -4.70. The van der Waals surface area contributed by atoms with Crippen molar-refractivity contribution >= 4 is 13.8 Å². The molecule has 0 aromatic rings. The van der Waals surface area contributed by atoms with E-state index in [0.29, 0.717) is 6.42 Å². The molecule has 0 fully saturated rings. The summed E-state index contributed by atoms with van der Waals surface area (Å²) in [4.78, 5) is 28.4. The Kier molecular flexibility index (Phi) is 18.7. The second kappa shape index (κ2) is 19.2. The summed E-state index contributed by atoms with van der Waals surface area (Å²) < 4.78 is 32.4. The average Bonchev–Trinajstić information content (AvgIpc) is 2.67. The van der Waals surface area contributed by atoms with Crippen molar-refractivity contribution < 1.29 is 32.8 Å². The fourth-order valence-corrected chi connectivity index (χ4v) is 3.18. The van der Waals surface area contributed by atoms with Crippen LogP contribution in [0.15, 0.2) is 12.2 Å². The third-order valence-corrected chi connectivity index (χ3v) is 4.98. The zero-order valence-electron chi connectivity index (χ0n) is 17.9. The summed E-state index contributed by atoms with van der Waals surface area (Å²) in [6.45, 7) is 0.883. The Morgan fingerprint density at radius 2 is 1.41 bits per heavy atom. The van der Waals surface area contributed by atoms with Gasteiger partial charge in [0, 0.05) is 6.42 Å². The van der Waals surface area contributed by atoms with Crippen LogP contribution in [0.5, 0.6) is 0 Å². The van der Waals surface area contributed by atoms with Gasteiger partial charge in [0.05, 0.1) is 6.61 Å². The normalized spacial score (nSPS) is 13.1. The van der Waals surface area contributed by atoms with Crippen LogP contribution in [-0.4, -0.2) is 35.1 Å². The lowest BCUT2D eigenvalue weighted by Crippen LogP contribution is -2.19. The molecule has 0 aliphatic heterocycles. The lowest BCUT2D eigenvalue weighted by molar-refractivity contribution is -0.145. The highest BCUT2D eigenvalue weighted by Crippen LogP contribution is 2.35. The number of ether oxygens (including phenoxy) is 1. The summed E-state index contributed by atoms with van der Waals surface area (Å²) in [5, 5.41) is 0. The van der Waals surface area contributed by atoms with Crippen molar-refractivity contribution in [1.82, 2.24) is 0 Å². The number of phosphoric ester groups is 1. The molecule has 8 heteroatoms. The van der Waals surface area contributed by atoms with Crippen molar-refractivity contribution in [1.29, 1.82) is 0 Å². The number of unbranched alkanes of at least 4 members (excludes halogenated alkanes) is 11. The molecule has 0 aliphatic rings. The molecule has 0 amide bonds. The summed E-state index contributed by atoms with van der Waals surface area (Å²) in [5.74, 6) is -0.499. The molecular formula is C21H40FO6P. The van der Waals surface area contributed by atoms with Crippen molar-refractivity contribution in [3.05, 3.63) is 12.2 Å². The van der Waals surface area contributed by atoms with E-state index in [1.807, 2.05) is 0 Å². The van der Waals surface area contributed by atoms with Gasteiger partial charge in [-0.3, -0.25) is 9.32 Å². The minimum Gasteiger partial charge on any atom is -0.462 e. The molecule has 0 saturated carbocycles. The quantitative estimate of drug-likeness (QED) is 0.105. The van der Waals surface area contributed by atoms with E-state index in [4.69, 9.17) is 14.5 Å². The van der Waals surface area contributed by atoms with Gasteiger partial charge in [-0.05, 0) is 32.1 Å². The molecule has 172 valence electrons. The molecular weight excluding hydrogens is 398 g/mol. The molecule has 0 aromatic heterocycles. The molecule has 0 radical (unpaired) electrons. The third-order valence-electron chi connectivity index (χ3n) is 4.49. The van der Waals surface area contributed by atoms with E-state index in [1.165, 1.54) is 44.9 Å². The smallest absolute Gasteiger partial charge is 0.462 e. The second-order valence-electron chi connectivity index (χ2n) is 7.40. The summed E-state index contributed by atoms with van der Waals surface area (Å²) in [6.07, 6.45) is 18.3. The van der Waals surface area contributed by atoms with Gasteiger partial charge in [-0.25, -0.2) is 8.96 Å². The highest BCUT2D eigenvalue weighted by molar-refractivity contribution is 7.46. The summed E-state index contributed by atoms with van der Waals surface area (Å²) in [6, 6.07) is 0. The highest BCUT2D eigenvalue weighted by Gasteiger charge is 2.18. The molecule has 0 aromatic carbocycles. The summed E-state index contributed by atoms with van der Waals surface area (Å²) >= 11 is 0. The number of hydrogen-bond acceptors (Lipinski definition) is 4. The molecule has 0 spiro atoms. The molecule has 29 heavy (non-hydrogen) atoms. The number of halogens is 1. The number of allylic oxidation sites excluding steroid dienone is 2. The predicted octanol–water partition coefficient (Wildman–Crippen LogP) is 6.01. The summed E-state index contributed by atoms with van der Waals surface area (Å²) in [5.41, 5.74) is 0. The molecule has 0 saturated heterocycles. The van der Waals surface area contributed by atoms with Gasteiger partial charge in [0.2, 0.25) is 0 Å². The highest BCUT2D eigenvalue weighted by atomic mass is 31.2. The van der Waals surface area contributed by atoms with Crippen molar-refractivity contribution in [2.45, 2.75) is 103 Å². The van der Waals surface area contributed by atoms with Gasteiger partial charge in [0.25, 0.3) is 0 Å². The Labute approximate surface area is 175 Å². The topological polar surface area (TPSA) is 93.1 Å². The van der Waals surface area contributed by atoms with E-state index in [1.54, 1.807) is 0 Å². The zero-order chi connectivity index (χ0) is 21.8. The zero-order valence-corrected chi connectivity index (χ0v) is 18.8. The lowest BCUT2D eigenvalue weighted by atomic mass is 10.1. The number of rotatable bonds is 20. The van der Waals surface area contributed by atoms with Crippen LogP contribution < -0.4 is 0 Å². The standard InChI is InChI=1S/C21H40FO6P/c1-2-3-4-5-6-7-8-9-10-11-12-13-14-15-16-17-21(23)27-18-20(22)19-28-29(24,25)26/h9-10,20H,2-8,11-19H2,1H3,(H2,24,25,26)/b10-9-. The monoisotopic (exact) mass is 438 g/mol. The number of phosphoric acid groups is 1. The Hall–Kier alpha value is -0.750. The maximum atomic E-state index is 13.3. The second-order valence-corrected chi connectivity index (χ2v) is 8.64. The van der Waals surface area contributed by atoms with E-state index in [0.717, 1.165) is 32.1 Å². The molecule has 2 N–H and O–H groups in total. The van der Waals surface area contributed by atoms with Gasteiger partial charge >= 0.3 is 13.8 Å². The average molecular weight is 439 g/mol. The van der Waals surface area contributed by atoms with Crippen LogP contribution in [0.25, 0.3) is 0 Å². The van der Waals surface area contributed by atoms with Gasteiger partial charge in [-0.2, -0.15) is 0 Å². The lowest BCUT2D eigenvalue weighted by Gasteiger charge is -2.10. The Balaban J connectivity index is 3.38. The Morgan fingerprint density at radius 3 is 1.97 bits per heavy atom. The van der Waals surface area contributed by atoms with Crippen LogP contribution >= 0.6 is 7.82 Å². The van der Waals surface area contributed by atoms with Crippen molar-refractivity contribution in [3.63, 3.8) is 0 Å². The molecule has 0 heterocycles. The number of carbonyl (C=O) groups excluding carboxylic acids is 1. The molecule has 0 bridgehead atoms. The SMILES string of the molecule is CCCCCCCC/C=C\CCCCCCCC(=O)OCC(F)COP(=O)(O)O. The first-order valence-corrected chi connectivity index (χ1v) is 12.5. The van der Waals surface area contributed by atoms with E-state index >= 15 is 0 Å². The van der Waals surface area contributed by atoms with Gasteiger partial charge in [-0.15, -0.1) is 0 Å². The molecule has 6 nitrogen and oxygen atoms in total. The Morgan fingerprint density at radius 1 is 0.897 bits per heavy atom. The molecule has 0 rings (SSSR count). The van der Waals surface area contributed by atoms with Crippen LogP contribution in [0, 0.1) is 0 Å². The number of carbonyl (C=O) groups is 1. The van der Waals surface area contributed by atoms with E-state index in [2.05, 4.69) is 23.6 Å². The minimum atomic E-state index is -4.70. The fourth-order valence-electron chi connectivity index (χ4n) is 2.82. The Bertz CT molecular complexity index is 466. The van der Waals surface area contributed by atoms with Crippen molar-refractivity contribution in [2.75, 3.05) is 13.2 Å². The first kappa shape index (κ1) is 28.2. The number of esters is 1. The van der Waals surface area contributed by atoms with Crippen molar-refractivity contribution in [2.24, 2.45) is 0 Å². The first-order valence-electron chi connectivity index (χ1n) is 11.0. The maximum absolute atomic E-state index is 13.3. The van der Waals surface area contributed by atoms with E-state index < -0.39 is 33.2 Å². The minimum absolute atomic E-state index is 0.226. The number of alkyl halides is 1. The molecule has 1 unspecified atom stereocenters. The van der Waals surface area contributed by atoms with Crippen LogP contribution in [0.3, 0.4) is 0 Å². The van der Waals surface area contributed by atoms with E-state index in [-0.39, 0.29) is 6.42 Å². The predicted molar refractivity (Wildman–Crippen MR) is 113 cm³/mol. The van der Waals surface area contributed by atoms with Crippen LogP contribution in [0.2, 0.25) is 0 Å².